The molecule has 0 radical (unpaired) electrons. The standard InChI is InChI=1S/C19H26N2O4S/c1-14-6-7-15(12-18(14)25-11-10-21(2)3)20-26(22)19-13-16(23-4)8-9-17(19)24-5/h6-9,12-13,20H,10-11H2,1-5H3. The SMILES string of the molecule is COc1ccc(OC)c(S(=O)Nc2ccc(C)c(OCCN(C)C)c2)c1. The molecule has 0 aliphatic rings. The zero-order chi connectivity index (χ0) is 19.1. The first-order valence-corrected chi connectivity index (χ1v) is 9.38. The van der Waals surface area contributed by atoms with E-state index in [0.717, 1.165) is 17.9 Å². The minimum Gasteiger partial charge on any atom is -0.497 e. The summed E-state index contributed by atoms with van der Waals surface area (Å²) in [5.41, 5.74) is 1.73. The van der Waals surface area contributed by atoms with Crippen molar-refractivity contribution in [3.8, 4) is 17.2 Å². The molecule has 2 rings (SSSR count). The van der Waals surface area contributed by atoms with Crippen LogP contribution in [0.25, 0.3) is 0 Å². The van der Waals surface area contributed by atoms with Gasteiger partial charge in [0.1, 0.15) is 28.8 Å². The molecule has 0 heterocycles. The second-order valence-electron chi connectivity index (χ2n) is 6.02. The molecule has 0 saturated carbocycles. The highest BCUT2D eigenvalue weighted by molar-refractivity contribution is 7.86. The van der Waals surface area contributed by atoms with Gasteiger partial charge in [-0.05, 0) is 44.8 Å². The Hall–Kier alpha value is -2.25. The lowest BCUT2D eigenvalue weighted by Crippen LogP contribution is -2.19. The van der Waals surface area contributed by atoms with E-state index in [1.165, 1.54) is 0 Å². The van der Waals surface area contributed by atoms with Gasteiger partial charge in [-0.3, -0.25) is 0 Å². The summed E-state index contributed by atoms with van der Waals surface area (Å²) in [7, 11) is 5.61. The van der Waals surface area contributed by atoms with E-state index in [-0.39, 0.29) is 0 Å². The summed E-state index contributed by atoms with van der Waals surface area (Å²) in [5, 5.41) is 0. The molecule has 1 N–H and O–H groups in total. The number of ether oxygens (including phenoxy) is 3. The summed E-state index contributed by atoms with van der Waals surface area (Å²) in [5.74, 6) is 1.92. The fraction of sp³-hybridized carbons (Fsp3) is 0.368. The van der Waals surface area contributed by atoms with E-state index >= 15 is 0 Å². The van der Waals surface area contributed by atoms with Gasteiger partial charge in [0, 0.05) is 18.7 Å². The van der Waals surface area contributed by atoms with Gasteiger partial charge in [0.05, 0.1) is 19.9 Å². The summed E-state index contributed by atoms with van der Waals surface area (Å²) < 4.78 is 32.1. The predicted octanol–water partition coefficient (Wildman–Crippen LogP) is 3.09. The Morgan fingerprint density at radius 1 is 1.04 bits per heavy atom. The molecule has 0 saturated heterocycles. The summed E-state index contributed by atoms with van der Waals surface area (Å²) in [6, 6.07) is 10.9. The minimum absolute atomic E-state index is 0.516. The summed E-state index contributed by atoms with van der Waals surface area (Å²) in [6.07, 6.45) is 0. The maximum Gasteiger partial charge on any atom is 0.154 e. The first-order chi connectivity index (χ1) is 12.4. The van der Waals surface area contributed by atoms with Gasteiger partial charge in [-0.25, -0.2) is 4.21 Å². The molecular weight excluding hydrogens is 352 g/mol. The van der Waals surface area contributed by atoms with Crippen LogP contribution in [0.2, 0.25) is 0 Å². The number of anilines is 1. The van der Waals surface area contributed by atoms with Crippen molar-refractivity contribution in [2.75, 3.05) is 46.2 Å². The number of methoxy groups -OCH3 is 2. The number of rotatable bonds is 9. The number of hydrogen-bond donors (Lipinski definition) is 1. The lowest BCUT2D eigenvalue weighted by atomic mass is 10.2. The molecule has 6 nitrogen and oxygen atoms in total. The highest BCUT2D eigenvalue weighted by atomic mass is 32.2. The molecule has 0 spiro atoms. The molecule has 0 aliphatic carbocycles. The van der Waals surface area contributed by atoms with Gasteiger partial charge >= 0.3 is 0 Å². The van der Waals surface area contributed by atoms with Crippen LogP contribution in [0.4, 0.5) is 5.69 Å². The molecule has 2 aromatic rings. The van der Waals surface area contributed by atoms with Crippen LogP contribution in [0.15, 0.2) is 41.3 Å². The molecule has 2 aromatic carbocycles. The first kappa shape index (κ1) is 20.1. The van der Waals surface area contributed by atoms with E-state index in [1.807, 2.05) is 39.2 Å². The highest BCUT2D eigenvalue weighted by Gasteiger charge is 2.13. The number of aryl methyl sites for hydroxylation is 1. The van der Waals surface area contributed by atoms with Crippen molar-refractivity contribution in [3.63, 3.8) is 0 Å². The third-order valence-corrected chi connectivity index (χ3v) is 4.90. The summed E-state index contributed by atoms with van der Waals surface area (Å²) in [6.45, 7) is 3.39. The van der Waals surface area contributed by atoms with E-state index < -0.39 is 11.0 Å². The lowest BCUT2D eigenvalue weighted by molar-refractivity contribution is 0.260. The number of hydrogen-bond acceptors (Lipinski definition) is 5. The monoisotopic (exact) mass is 378 g/mol. The smallest absolute Gasteiger partial charge is 0.154 e. The van der Waals surface area contributed by atoms with E-state index in [0.29, 0.717) is 28.7 Å². The van der Waals surface area contributed by atoms with E-state index in [1.54, 1.807) is 32.4 Å². The quantitative estimate of drug-likeness (QED) is 0.727. The van der Waals surface area contributed by atoms with Crippen molar-refractivity contribution >= 4 is 16.7 Å². The molecule has 0 aromatic heterocycles. The zero-order valence-electron chi connectivity index (χ0n) is 15.9. The number of likely N-dealkylation sites (N-methyl/N-ethyl adjacent to an activating group) is 1. The van der Waals surface area contributed by atoms with Crippen LogP contribution >= 0.6 is 0 Å². The second kappa shape index (κ2) is 9.45. The Balaban J connectivity index is 2.16. The van der Waals surface area contributed by atoms with Gasteiger partial charge in [0.2, 0.25) is 0 Å². The maximum atomic E-state index is 12.8. The van der Waals surface area contributed by atoms with Crippen molar-refractivity contribution in [1.29, 1.82) is 0 Å². The molecule has 1 atom stereocenters. The van der Waals surface area contributed by atoms with E-state index in [2.05, 4.69) is 9.62 Å². The third-order valence-electron chi connectivity index (χ3n) is 3.77. The first-order valence-electron chi connectivity index (χ1n) is 8.23. The zero-order valence-corrected chi connectivity index (χ0v) is 16.7. The minimum atomic E-state index is -1.50. The van der Waals surface area contributed by atoms with Gasteiger partial charge in [-0.2, -0.15) is 0 Å². The van der Waals surface area contributed by atoms with Crippen LogP contribution in [0, 0.1) is 6.92 Å². The Morgan fingerprint density at radius 3 is 2.46 bits per heavy atom. The Bertz CT molecular complexity index is 765. The van der Waals surface area contributed by atoms with Gasteiger partial charge in [0.15, 0.2) is 11.0 Å². The van der Waals surface area contributed by atoms with Crippen LogP contribution in [-0.2, 0) is 11.0 Å². The fourth-order valence-corrected chi connectivity index (χ4v) is 3.26. The summed E-state index contributed by atoms with van der Waals surface area (Å²) >= 11 is 0. The van der Waals surface area contributed by atoms with E-state index in [4.69, 9.17) is 14.2 Å². The van der Waals surface area contributed by atoms with Crippen LogP contribution in [0.5, 0.6) is 17.2 Å². The molecule has 142 valence electrons. The average molecular weight is 378 g/mol. The van der Waals surface area contributed by atoms with Gasteiger partial charge < -0.3 is 23.8 Å². The number of nitrogens with one attached hydrogen (secondary N) is 1. The van der Waals surface area contributed by atoms with Gasteiger partial charge in [-0.15, -0.1) is 0 Å². The highest BCUT2D eigenvalue weighted by Crippen LogP contribution is 2.29. The summed E-state index contributed by atoms with van der Waals surface area (Å²) in [4.78, 5) is 2.57. The van der Waals surface area contributed by atoms with Crippen molar-refractivity contribution in [1.82, 2.24) is 4.90 Å². The van der Waals surface area contributed by atoms with Crippen LogP contribution in [0.1, 0.15) is 5.56 Å². The van der Waals surface area contributed by atoms with Crippen LogP contribution < -0.4 is 18.9 Å². The molecule has 0 aliphatic heterocycles. The largest absolute Gasteiger partial charge is 0.497 e. The Morgan fingerprint density at radius 2 is 1.81 bits per heavy atom. The average Bonchev–Trinajstić information content (AvgIpc) is 2.63. The lowest BCUT2D eigenvalue weighted by Gasteiger charge is -2.15. The maximum absolute atomic E-state index is 12.8. The Kier molecular flexibility index (Phi) is 7.29. The molecule has 0 amide bonds. The molecule has 26 heavy (non-hydrogen) atoms. The molecule has 0 bridgehead atoms. The van der Waals surface area contributed by atoms with E-state index in [9.17, 15) is 4.21 Å². The molecule has 7 heteroatoms. The number of nitrogens with zero attached hydrogens (tertiary/aromatic N) is 1. The molecular formula is C19H26N2O4S. The van der Waals surface area contributed by atoms with Gasteiger partial charge in [-0.1, -0.05) is 6.07 Å². The number of benzene rings is 2. The van der Waals surface area contributed by atoms with Crippen molar-refractivity contribution in [3.05, 3.63) is 42.0 Å². The van der Waals surface area contributed by atoms with Crippen LogP contribution in [0.3, 0.4) is 0 Å². The Labute approximate surface area is 157 Å². The predicted molar refractivity (Wildman–Crippen MR) is 105 cm³/mol. The van der Waals surface area contributed by atoms with Crippen molar-refractivity contribution in [2.45, 2.75) is 11.8 Å². The molecule has 1 unspecified atom stereocenters. The topological polar surface area (TPSA) is 60.0 Å². The van der Waals surface area contributed by atoms with Crippen molar-refractivity contribution < 1.29 is 18.4 Å². The van der Waals surface area contributed by atoms with Gasteiger partial charge in [0.25, 0.3) is 0 Å². The molecule has 0 fully saturated rings. The third kappa shape index (κ3) is 5.37. The van der Waals surface area contributed by atoms with Crippen molar-refractivity contribution in [2.24, 2.45) is 0 Å². The normalized spacial score (nSPS) is 11.9. The second-order valence-corrected chi connectivity index (χ2v) is 7.20. The fourth-order valence-electron chi connectivity index (χ4n) is 2.25. The van der Waals surface area contributed by atoms with Crippen LogP contribution in [-0.4, -0.2) is 50.6 Å².